The summed E-state index contributed by atoms with van der Waals surface area (Å²) < 4.78 is 2.23. The van der Waals surface area contributed by atoms with Crippen molar-refractivity contribution in [3.63, 3.8) is 0 Å². The van der Waals surface area contributed by atoms with Crippen molar-refractivity contribution >= 4 is 0 Å². The molecule has 0 saturated heterocycles. The van der Waals surface area contributed by atoms with Crippen molar-refractivity contribution in [1.29, 1.82) is 0 Å². The van der Waals surface area contributed by atoms with Gasteiger partial charge in [0, 0.05) is 17.7 Å². The topological polar surface area (TPSA) is 3.88 Å². The number of rotatable bonds is 1. The first-order chi connectivity index (χ1) is 10.00. The average Bonchev–Trinajstić information content (AvgIpc) is 2.37. The zero-order valence-electron chi connectivity index (χ0n) is 15.4. The third kappa shape index (κ3) is 3.40. The van der Waals surface area contributed by atoms with E-state index in [1.807, 2.05) is 0 Å². The van der Waals surface area contributed by atoms with Crippen LogP contribution in [-0.2, 0) is 17.9 Å². The standard InChI is InChI=1S/C21H30N/c1-15-9-10-16(20(2,3)4)13-18(15)19-14-17(21(5,6)7)11-12-22(19)8/h9-14H,1-8H3/q+1. The van der Waals surface area contributed by atoms with Crippen molar-refractivity contribution < 1.29 is 4.57 Å². The zero-order valence-corrected chi connectivity index (χ0v) is 15.4. The molecule has 0 bridgehead atoms. The van der Waals surface area contributed by atoms with E-state index in [1.165, 1.54) is 27.9 Å². The van der Waals surface area contributed by atoms with Crippen molar-refractivity contribution in [1.82, 2.24) is 0 Å². The summed E-state index contributed by atoms with van der Waals surface area (Å²) in [4.78, 5) is 0. The summed E-state index contributed by atoms with van der Waals surface area (Å²) >= 11 is 0. The molecule has 0 amide bonds. The maximum Gasteiger partial charge on any atom is 0.212 e. The number of nitrogens with zero attached hydrogens (tertiary/aromatic N) is 1. The normalized spacial score (nSPS) is 12.5. The smallest absolute Gasteiger partial charge is 0.201 e. The molecule has 0 aliphatic carbocycles. The van der Waals surface area contributed by atoms with Gasteiger partial charge in [0.25, 0.3) is 0 Å². The van der Waals surface area contributed by atoms with Gasteiger partial charge in [-0.2, -0.15) is 0 Å². The Labute approximate surface area is 136 Å². The number of aryl methyl sites for hydroxylation is 2. The molecule has 0 fully saturated rings. The van der Waals surface area contributed by atoms with Crippen molar-refractivity contribution in [2.24, 2.45) is 7.05 Å². The Morgan fingerprint density at radius 1 is 0.773 bits per heavy atom. The van der Waals surface area contributed by atoms with E-state index in [2.05, 4.69) is 96.6 Å². The number of hydrogen-bond donors (Lipinski definition) is 0. The molecule has 0 saturated carbocycles. The quantitative estimate of drug-likeness (QED) is 0.646. The minimum atomic E-state index is 0.165. The molecule has 118 valence electrons. The first-order valence-corrected chi connectivity index (χ1v) is 8.12. The molecule has 0 atom stereocenters. The van der Waals surface area contributed by atoms with Gasteiger partial charge in [-0.05, 0) is 40.5 Å². The highest BCUT2D eigenvalue weighted by Gasteiger charge is 2.22. The van der Waals surface area contributed by atoms with Gasteiger partial charge < -0.3 is 0 Å². The average molecular weight is 296 g/mol. The minimum Gasteiger partial charge on any atom is -0.201 e. The van der Waals surface area contributed by atoms with E-state index in [1.54, 1.807) is 0 Å². The maximum absolute atomic E-state index is 2.36. The largest absolute Gasteiger partial charge is 0.212 e. The van der Waals surface area contributed by atoms with E-state index < -0.39 is 0 Å². The SMILES string of the molecule is Cc1ccc(C(C)(C)C)cc1-c1cc(C(C)(C)C)cc[n+]1C. The zero-order chi connectivity index (χ0) is 16.7. The molecular formula is C21H30N+. The molecule has 22 heavy (non-hydrogen) atoms. The van der Waals surface area contributed by atoms with Gasteiger partial charge in [-0.25, -0.2) is 4.57 Å². The van der Waals surface area contributed by atoms with E-state index >= 15 is 0 Å². The molecule has 0 unspecified atom stereocenters. The van der Waals surface area contributed by atoms with Gasteiger partial charge in [-0.3, -0.25) is 0 Å². The van der Waals surface area contributed by atoms with Crippen LogP contribution in [0.3, 0.4) is 0 Å². The predicted molar refractivity (Wildman–Crippen MR) is 95.2 cm³/mol. The van der Waals surface area contributed by atoms with Crippen molar-refractivity contribution in [2.75, 3.05) is 0 Å². The molecule has 1 heteroatoms. The van der Waals surface area contributed by atoms with E-state index in [0.29, 0.717) is 0 Å². The van der Waals surface area contributed by atoms with Gasteiger partial charge in [0.2, 0.25) is 5.69 Å². The predicted octanol–water partition coefficient (Wildman–Crippen LogP) is 5.08. The van der Waals surface area contributed by atoms with Gasteiger partial charge in [0.05, 0.1) is 0 Å². The van der Waals surface area contributed by atoms with Crippen LogP contribution in [0.2, 0.25) is 0 Å². The fourth-order valence-electron chi connectivity index (χ4n) is 2.67. The lowest BCUT2D eigenvalue weighted by Crippen LogP contribution is -2.32. The summed E-state index contributed by atoms with van der Waals surface area (Å²) in [6.45, 7) is 15.8. The summed E-state index contributed by atoms with van der Waals surface area (Å²) in [5, 5.41) is 0. The molecule has 2 rings (SSSR count). The number of benzene rings is 1. The van der Waals surface area contributed by atoms with Crippen molar-refractivity contribution in [2.45, 2.75) is 59.3 Å². The lowest BCUT2D eigenvalue weighted by Gasteiger charge is -2.21. The second kappa shape index (κ2) is 5.53. The molecule has 1 aromatic heterocycles. The lowest BCUT2D eigenvalue weighted by atomic mass is 9.83. The third-order valence-electron chi connectivity index (χ3n) is 4.40. The molecule has 0 radical (unpaired) electrons. The first kappa shape index (κ1) is 16.7. The number of pyridine rings is 1. The summed E-state index contributed by atoms with van der Waals surface area (Å²) in [6.07, 6.45) is 2.18. The highest BCUT2D eigenvalue weighted by Crippen LogP contribution is 2.30. The number of hydrogen-bond acceptors (Lipinski definition) is 0. The maximum atomic E-state index is 2.36. The molecule has 1 heterocycles. The van der Waals surface area contributed by atoms with Gasteiger partial charge in [0.1, 0.15) is 7.05 Å². The van der Waals surface area contributed by atoms with Crippen molar-refractivity contribution in [3.05, 3.63) is 53.2 Å². The summed E-state index contributed by atoms with van der Waals surface area (Å²) in [6, 6.07) is 11.4. The van der Waals surface area contributed by atoms with Gasteiger partial charge >= 0.3 is 0 Å². The van der Waals surface area contributed by atoms with Crippen molar-refractivity contribution in [3.8, 4) is 11.3 Å². The van der Waals surface area contributed by atoms with E-state index in [0.717, 1.165) is 0 Å². The Balaban J connectivity index is 2.66. The monoisotopic (exact) mass is 296 g/mol. The Kier molecular flexibility index (Phi) is 4.21. The van der Waals surface area contributed by atoms with Gasteiger partial charge in [-0.15, -0.1) is 0 Å². The van der Waals surface area contributed by atoms with E-state index in [-0.39, 0.29) is 10.8 Å². The summed E-state index contributed by atoms with van der Waals surface area (Å²) in [5.41, 5.74) is 7.04. The minimum absolute atomic E-state index is 0.165. The van der Waals surface area contributed by atoms with E-state index in [4.69, 9.17) is 0 Å². The van der Waals surface area contributed by atoms with Crippen LogP contribution in [0.25, 0.3) is 11.3 Å². The molecule has 0 N–H and O–H groups in total. The fourth-order valence-corrected chi connectivity index (χ4v) is 2.67. The fraction of sp³-hybridized carbons (Fsp3) is 0.476. The van der Waals surface area contributed by atoms with Crippen LogP contribution < -0.4 is 4.57 Å². The van der Waals surface area contributed by atoms with Crippen LogP contribution in [0.1, 0.15) is 58.2 Å². The Morgan fingerprint density at radius 2 is 1.32 bits per heavy atom. The molecule has 1 aromatic carbocycles. The molecule has 0 spiro atoms. The molecule has 1 nitrogen and oxygen atoms in total. The third-order valence-corrected chi connectivity index (χ3v) is 4.40. The van der Waals surface area contributed by atoms with Gasteiger partial charge in [0.15, 0.2) is 6.20 Å². The van der Waals surface area contributed by atoms with Crippen LogP contribution in [0.15, 0.2) is 36.5 Å². The Hall–Kier alpha value is -1.63. The second-order valence-corrected chi connectivity index (χ2v) is 8.44. The summed E-state index contributed by atoms with van der Waals surface area (Å²) in [7, 11) is 2.13. The van der Waals surface area contributed by atoms with Crippen LogP contribution >= 0.6 is 0 Å². The van der Waals surface area contributed by atoms with Crippen LogP contribution in [0, 0.1) is 6.92 Å². The van der Waals surface area contributed by atoms with Crippen LogP contribution in [-0.4, -0.2) is 0 Å². The summed E-state index contributed by atoms with van der Waals surface area (Å²) in [5.74, 6) is 0. The van der Waals surface area contributed by atoms with Crippen LogP contribution in [0.4, 0.5) is 0 Å². The molecular weight excluding hydrogens is 266 g/mol. The van der Waals surface area contributed by atoms with Gasteiger partial charge in [-0.1, -0.05) is 53.7 Å². The first-order valence-electron chi connectivity index (χ1n) is 8.12. The van der Waals surface area contributed by atoms with Crippen LogP contribution in [0.5, 0.6) is 0 Å². The molecule has 0 aliphatic rings. The Morgan fingerprint density at radius 3 is 1.86 bits per heavy atom. The lowest BCUT2D eigenvalue weighted by molar-refractivity contribution is -0.660. The highest BCUT2D eigenvalue weighted by atomic mass is 14.9. The Bertz CT molecular complexity index is 621. The molecule has 0 aliphatic heterocycles. The van der Waals surface area contributed by atoms with E-state index in [9.17, 15) is 0 Å². The second-order valence-electron chi connectivity index (χ2n) is 8.44. The highest BCUT2D eigenvalue weighted by molar-refractivity contribution is 5.63. The number of aromatic nitrogens is 1. The molecule has 2 aromatic rings.